The maximum absolute atomic E-state index is 12.7. The molecule has 1 amide bonds. The van der Waals surface area contributed by atoms with Gasteiger partial charge in [-0.3, -0.25) is 4.79 Å². The number of carbonyl (C=O) groups is 1. The van der Waals surface area contributed by atoms with Gasteiger partial charge in [-0.25, -0.2) is 8.42 Å². The summed E-state index contributed by atoms with van der Waals surface area (Å²) in [7, 11) is -3.45. The first-order chi connectivity index (χ1) is 12.3. The van der Waals surface area contributed by atoms with E-state index in [9.17, 15) is 13.2 Å². The van der Waals surface area contributed by atoms with E-state index in [1.54, 1.807) is 40.3 Å². The van der Waals surface area contributed by atoms with Gasteiger partial charge in [0.05, 0.1) is 10.1 Å². The molecule has 0 aliphatic carbocycles. The third kappa shape index (κ3) is 5.72. The summed E-state index contributed by atoms with van der Waals surface area (Å²) in [6, 6.07) is 6.50. The van der Waals surface area contributed by atoms with Gasteiger partial charge in [0.2, 0.25) is 15.9 Å². The molecule has 0 spiro atoms. The van der Waals surface area contributed by atoms with Crippen LogP contribution in [0.5, 0.6) is 0 Å². The molecule has 1 heterocycles. The van der Waals surface area contributed by atoms with Crippen molar-refractivity contribution in [3.05, 3.63) is 24.3 Å². The van der Waals surface area contributed by atoms with Crippen LogP contribution in [0.25, 0.3) is 0 Å². The molecule has 0 bridgehead atoms. The van der Waals surface area contributed by atoms with Crippen molar-refractivity contribution in [3.8, 4) is 0 Å². The maximum Gasteiger partial charge on any atom is 0.243 e. The van der Waals surface area contributed by atoms with Crippen LogP contribution in [0.1, 0.15) is 46.5 Å². The smallest absolute Gasteiger partial charge is 0.243 e. The van der Waals surface area contributed by atoms with Crippen molar-refractivity contribution < 1.29 is 13.2 Å². The first-order valence-electron chi connectivity index (χ1n) is 9.37. The molecule has 1 aliphatic heterocycles. The lowest BCUT2D eigenvalue weighted by Gasteiger charge is -2.29. The highest BCUT2D eigenvalue weighted by molar-refractivity contribution is 8.00. The van der Waals surface area contributed by atoms with Gasteiger partial charge in [0.15, 0.2) is 0 Å². The Balaban J connectivity index is 1.96. The maximum atomic E-state index is 12.7. The summed E-state index contributed by atoms with van der Waals surface area (Å²) in [5, 5.41) is 2.74. The lowest BCUT2D eigenvalue weighted by atomic mass is 10.0. The summed E-state index contributed by atoms with van der Waals surface area (Å²) >= 11 is 1.64. The van der Waals surface area contributed by atoms with Crippen LogP contribution in [0.4, 0.5) is 5.69 Å². The average molecular weight is 399 g/mol. The monoisotopic (exact) mass is 398 g/mol. The van der Waals surface area contributed by atoms with E-state index in [0.717, 1.165) is 31.4 Å². The predicted molar refractivity (Wildman–Crippen MR) is 109 cm³/mol. The summed E-state index contributed by atoms with van der Waals surface area (Å²) in [5.74, 6) is 1.50. The Kier molecular flexibility index (Phi) is 7.98. The third-order valence-corrected chi connectivity index (χ3v) is 7.89. The minimum Gasteiger partial charge on any atom is -0.325 e. The van der Waals surface area contributed by atoms with Gasteiger partial charge >= 0.3 is 0 Å². The summed E-state index contributed by atoms with van der Waals surface area (Å²) in [6.07, 6.45) is 4.03. The molecule has 7 heteroatoms. The number of thioether (sulfide) groups is 1. The Labute approximate surface area is 162 Å². The molecule has 1 aromatic carbocycles. The van der Waals surface area contributed by atoms with E-state index in [2.05, 4.69) is 19.2 Å². The van der Waals surface area contributed by atoms with Crippen LogP contribution in [-0.4, -0.2) is 42.7 Å². The standard InChI is InChI=1S/C19H30N2O3S2/c1-4-5-14-25-16(3)19(22)20-17-6-8-18(9-7-17)26(23,24)21-12-10-15(2)11-13-21/h6-9,15-16H,4-5,10-14H2,1-3H3,(H,20,22). The number of anilines is 1. The average Bonchev–Trinajstić information content (AvgIpc) is 2.62. The van der Waals surface area contributed by atoms with Gasteiger partial charge in [0.25, 0.3) is 0 Å². The number of unbranched alkanes of at least 4 members (excludes halogenated alkanes) is 1. The number of piperidine rings is 1. The Morgan fingerprint density at radius 2 is 1.88 bits per heavy atom. The molecule has 1 unspecified atom stereocenters. The van der Waals surface area contributed by atoms with E-state index in [1.165, 1.54) is 0 Å². The van der Waals surface area contributed by atoms with Crippen LogP contribution in [0.3, 0.4) is 0 Å². The van der Waals surface area contributed by atoms with Crippen LogP contribution in [-0.2, 0) is 14.8 Å². The second-order valence-electron chi connectivity index (χ2n) is 6.97. The van der Waals surface area contributed by atoms with E-state index >= 15 is 0 Å². The summed E-state index contributed by atoms with van der Waals surface area (Å²) < 4.78 is 27.0. The SMILES string of the molecule is CCCCSC(C)C(=O)Nc1ccc(S(=O)(=O)N2CCC(C)CC2)cc1. The first-order valence-corrected chi connectivity index (χ1v) is 11.9. The van der Waals surface area contributed by atoms with Crippen LogP contribution >= 0.6 is 11.8 Å². The van der Waals surface area contributed by atoms with E-state index in [1.807, 2.05) is 6.92 Å². The molecule has 0 radical (unpaired) electrons. The normalized spacial score (nSPS) is 17.8. The zero-order chi connectivity index (χ0) is 19.2. The molecule has 1 saturated heterocycles. The molecule has 1 fully saturated rings. The van der Waals surface area contributed by atoms with E-state index in [0.29, 0.717) is 24.7 Å². The number of amides is 1. The number of nitrogens with one attached hydrogen (secondary N) is 1. The van der Waals surface area contributed by atoms with Crippen molar-refractivity contribution in [2.75, 3.05) is 24.2 Å². The van der Waals surface area contributed by atoms with Crippen molar-refractivity contribution in [1.29, 1.82) is 0 Å². The molecule has 1 N–H and O–H groups in total. The molecule has 1 aromatic rings. The van der Waals surface area contributed by atoms with Crippen molar-refractivity contribution in [1.82, 2.24) is 4.31 Å². The van der Waals surface area contributed by atoms with Crippen LogP contribution in [0.2, 0.25) is 0 Å². The van der Waals surface area contributed by atoms with Gasteiger partial charge in [0, 0.05) is 18.8 Å². The van der Waals surface area contributed by atoms with E-state index in [-0.39, 0.29) is 16.1 Å². The van der Waals surface area contributed by atoms with E-state index in [4.69, 9.17) is 0 Å². The predicted octanol–water partition coefficient (Wildman–Crippen LogP) is 3.97. The van der Waals surface area contributed by atoms with Crippen molar-refractivity contribution in [2.24, 2.45) is 5.92 Å². The Morgan fingerprint density at radius 1 is 1.27 bits per heavy atom. The van der Waals surface area contributed by atoms with Gasteiger partial charge in [0.1, 0.15) is 0 Å². The van der Waals surface area contributed by atoms with Gasteiger partial charge in [-0.05, 0) is 62.1 Å². The van der Waals surface area contributed by atoms with Gasteiger partial charge in [-0.2, -0.15) is 4.31 Å². The molecule has 2 rings (SSSR count). The number of sulfonamides is 1. The van der Waals surface area contributed by atoms with E-state index < -0.39 is 10.0 Å². The highest BCUT2D eigenvalue weighted by atomic mass is 32.2. The Hall–Kier alpha value is -1.05. The fraction of sp³-hybridized carbons (Fsp3) is 0.632. The summed E-state index contributed by atoms with van der Waals surface area (Å²) in [5.41, 5.74) is 0.629. The zero-order valence-electron chi connectivity index (χ0n) is 15.9. The molecule has 1 atom stereocenters. The van der Waals surface area contributed by atoms with Gasteiger partial charge in [-0.1, -0.05) is 20.3 Å². The largest absolute Gasteiger partial charge is 0.325 e. The molecule has 26 heavy (non-hydrogen) atoms. The van der Waals surface area contributed by atoms with Crippen LogP contribution in [0, 0.1) is 5.92 Å². The van der Waals surface area contributed by atoms with Gasteiger partial charge in [-0.15, -0.1) is 11.8 Å². The van der Waals surface area contributed by atoms with Crippen LogP contribution in [0.15, 0.2) is 29.2 Å². The second kappa shape index (κ2) is 9.76. The molecular formula is C19H30N2O3S2. The molecule has 5 nitrogen and oxygen atoms in total. The third-order valence-electron chi connectivity index (χ3n) is 4.74. The fourth-order valence-corrected chi connectivity index (χ4v) is 5.30. The number of hydrogen-bond donors (Lipinski definition) is 1. The topological polar surface area (TPSA) is 66.5 Å². The molecule has 1 aliphatic rings. The number of nitrogens with zero attached hydrogens (tertiary/aromatic N) is 1. The number of rotatable bonds is 8. The Morgan fingerprint density at radius 3 is 2.46 bits per heavy atom. The first kappa shape index (κ1) is 21.3. The second-order valence-corrected chi connectivity index (χ2v) is 10.4. The summed E-state index contributed by atoms with van der Waals surface area (Å²) in [6.45, 7) is 7.34. The molecular weight excluding hydrogens is 368 g/mol. The number of carbonyl (C=O) groups excluding carboxylic acids is 1. The zero-order valence-corrected chi connectivity index (χ0v) is 17.5. The number of hydrogen-bond acceptors (Lipinski definition) is 4. The minimum atomic E-state index is -3.45. The molecule has 146 valence electrons. The fourth-order valence-electron chi connectivity index (χ4n) is 2.81. The Bertz CT molecular complexity index is 681. The molecule has 0 aromatic heterocycles. The highest BCUT2D eigenvalue weighted by Crippen LogP contribution is 2.24. The minimum absolute atomic E-state index is 0.0493. The van der Waals surface area contributed by atoms with Gasteiger partial charge < -0.3 is 5.32 Å². The van der Waals surface area contributed by atoms with Crippen molar-refractivity contribution in [3.63, 3.8) is 0 Å². The lowest BCUT2D eigenvalue weighted by Crippen LogP contribution is -2.37. The number of benzene rings is 1. The lowest BCUT2D eigenvalue weighted by molar-refractivity contribution is -0.115. The van der Waals surface area contributed by atoms with Crippen molar-refractivity contribution >= 4 is 33.4 Å². The highest BCUT2D eigenvalue weighted by Gasteiger charge is 2.28. The quantitative estimate of drug-likeness (QED) is 0.673. The molecule has 0 saturated carbocycles. The summed E-state index contributed by atoms with van der Waals surface area (Å²) in [4.78, 5) is 12.5. The van der Waals surface area contributed by atoms with Crippen molar-refractivity contribution in [2.45, 2.75) is 56.6 Å². The van der Waals surface area contributed by atoms with Crippen LogP contribution < -0.4 is 5.32 Å².